The van der Waals surface area contributed by atoms with Crippen LogP contribution < -0.4 is 5.32 Å². The van der Waals surface area contributed by atoms with Crippen molar-refractivity contribution in [2.24, 2.45) is 0 Å². The van der Waals surface area contributed by atoms with E-state index in [2.05, 4.69) is 36.1 Å². The lowest BCUT2D eigenvalue weighted by molar-refractivity contribution is 0.249. The molecule has 0 aliphatic carbocycles. The summed E-state index contributed by atoms with van der Waals surface area (Å²) >= 11 is 0. The summed E-state index contributed by atoms with van der Waals surface area (Å²) in [5.74, 6) is -0.102. The molecule has 1 N–H and O–H groups in total. The molecule has 0 spiro atoms. The smallest absolute Gasteiger partial charge is 0.128 e. The lowest BCUT2D eigenvalue weighted by Crippen LogP contribution is -2.37. The number of hydrogen-bond acceptors (Lipinski definition) is 3. The van der Waals surface area contributed by atoms with E-state index in [4.69, 9.17) is 0 Å². The minimum atomic E-state index is -0.102. The predicted molar refractivity (Wildman–Crippen MR) is 86.0 cm³/mol. The maximum absolute atomic E-state index is 14.1. The summed E-state index contributed by atoms with van der Waals surface area (Å²) in [4.78, 5) is 4.74. The predicted octanol–water partition coefficient (Wildman–Crippen LogP) is 2.50. The summed E-state index contributed by atoms with van der Waals surface area (Å²) in [6.07, 6.45) is 2.26. The zero-order chi connectivity index (χ0) is 15.2. The van der Waals surface area contributed by atoms with E-state index in [-0.39, 0.29) is 11.9 Å². The van der Waals surface area contributed by atoms with Crippen molar-refractivity contribution >= 4 is 0 Å². The number of benzene rings is 1. The number of nitrogens with zero attached hydrogens (tertiary/aromatic N) is 2. The molecule has 2 rings (SSSR count). The molecule has 1 aromatic carbocycles. The third-order valence-corrected chi connectivity index (χ3v) is 4.34. The molecule has 0 saturated carbocycles. The van der Waals surface area contributed by atoms with Gasteiger partial charge in [-0.3, -0.25) is 4.90 Å². The minimum Gasteiger partial charge on any atom is -0.309 e. The van der Waals surface area contributed by atoms with E-state index in [1.807, 2.05) is 12.1 Å². The zero-order valence-corrected chi connectivity index (χ0v) is 13.5. The van der Waals surface area contributed by atoms with Crippen LogP contribution in [0.4, 0.5) is 4.39 Å². The van der Waals surface area contributed by atoms with Crippen molar-refractivity contribution in [3.63, 3.8) is 0 Å². The van der Waals surface area contributed by atoms with Gasteiger partial charge in [0.25, 0.3) is 0 Å². The van der Waals surface area contributed by atoms with Gasteiger partial charge in [-0.2, -0.15) is 0 Å². The molecule has 1 heterocycles. The van der Waals surface area contributed by atoms with E-state index in [1.54, 1.807) is 12.1 Å². The van der Waals surface area contributed by atoms with Crippen LogP contribution in [-0.4, -0.2) is 56.1 Å². The number of likely N-dealkylation sites (tertiary alicyclic amines) is 1. The minimum absolute atomic E-state index is 0.0760. The highest BCUT2D eigenvalue weighted by Gasteiger charge is 2.26. The average Bonchev–Trinajstić information content (AvgIpc) is 2.93. The highest BCUT2D eigenvalue weighted by molar-refractivity contribution is 5.21. The summed E-state index contributed by atoms with van der Waals surface area (Å²) in [6.45, 7) is 6.12. The molecule has 0 bridgehead atoms. The molecular weight excluding hydrogens is 265 g/mol. The van der Waals surface area contributed by atoms with Crippen molar-refractivity contribution in [1.29, 1.82) is 0 Å². The van der Waals surface area contributed by atoms with E-state index in [0.717, 1.165) is 38.2 Å². The molecule has 3 nitrogen and oxygen atoms in total. The van der Waals surface area contributed by atoms with Crippen LogP contribution in [0.25, 0.3) is 0 Å². The van der Waals surface area contributed by atoms with Crippen LogP contribution in [0, 0.1) is 5.82 Å². The van der Waals surface area contributed by atoms with Crippen LogP contribution in [0.2, 0.25) is 0 Å². The molecule has 1 saturated heterocycles. The van der Waals surface area contributed by atoms with Crippen molar-refractivity contribution in [3.8, 4) is 0 Å². The number of rotatable bonds is 7. The third kappa shape index (κ3) is 4.50. The van der Waals surface area contributed by atoms with Crippen molar-refractivity contribution in [1.82, 2.24) is 15.1 Å². The van der Waals surface area contributed by atoms with Gasteiger partial charge in [-0.15, -0.1) is 0 Å². The average molecular weight is 293 g/mol. The van der Waals surface area contributed by atoms with Gasteiger partial charge < -0.3 is 10.2 Å². The third-order valence-electron chi connectivity index (χ3n) is 4.34. The molecule has 0 amide bonds. The molecule has 2 atom stereocenters. The normalized spacial score (nSPS) is 21.1. The Bertz CT molecular complexity index is 436. The molecule has 118 valence electrons. The van der Waals surface area contributed by atoms with E-state index < -0.39 is 0 Å². The second kappa shape index (κ2) is 7.87. The Morgan fingerprint density at radius 2 is 2.14 bits per heavy atom. The number of hydrogen-bond donors (Lipinski definition) is 1. The van der Waals surface area contributed by atoms with Gasteiger partial charge in [0.2, 0.25) is 0 Å². The number of likely N-dealkylation sites (N-methyl/N-ethyl adjacent to an activating group) is 1. The molecule has 0 aromatic heterocycles. The zero-order valence-electron chi connectivity index (χ0n) is 13.5. The lowest BCUT2D eigenvalue weighted by atomic mass is 10.1. The molecule has 1 aliphatic heterocycles. The van der Waals surface area contributed by atoms with Gasteiger partial charge in [-0.25, -0.2) is 4.39 Å². The fraction of sp³-hybridized carbons (Fsp3) is 0.647. The second-order valence-electron chi connectivity index (χ2n) is 6.19. The van der Waals surface area contributed by atoms with E-state index >= 15 is 0 Å². The van der Waals surface area contributed by atoms with Crippen LogP contribution in [-0.2, 0) is 0 Å². The SMILES string of the molecule is CCCNC(CN1CCC(N(C)C)C1)c1ccccc1F. The topological polar surface area (TPSA) is 18.5 Å². The summed E-state index contributed by atoms with van der Waals surface area (Å²) in [7, 11) is 4.27. The standard InChI is InChI=1S/C17H28FN3/c1-4-10-19-17(15-7-5-6-8-16(15)18)13-21-11-9-14(12-21)20(2)3/h5-8,14,17,19H,4,9-13H2,1-3H3. The van der Waals surface area contributed by atoms with Gasteiger partial charge in [0.15, 0.2) is 0 Å². The number of halogens is 1. The van der Waals surface area contributed by atoms with Gasteiger partial charge in [0, 0.05) is 30.7 Å². The maximum atomic E-state index is 14.1. The first-order valence-electron chi connectivity index (χ1n) is 7.98. The van der Waals surface area contributed by atoms with Gasteiger partial charge in [0.05, 0.1) is 0 Å². The quantitative estimate of drug-likeness (QED) is 0.833. The first kappa shape index (κ1) is 16.4. The molecule has 4 heteroatoms. The van der Waals surface area contributed by atoms with Gasteiger partial charge >= 0.3 is 0 Å². The van der Waals surface area contributed by atoms with E-state index in [0.29, 0.717) is 6.04 Å². The van der Waals surface area contributed by atoms with Gasteiger partial charge in [-0.1, -0.05) is 25.1 Å². The Hall–Kier alpha value is -0.970. The first-order valence-corrected chi connectivity index (χ1v) is 7.98. The van der Waals surface area contributed by atoms with Crippen molar-refractivity contribution in [2.75, 3.05) is 40.3 Å². The molecule has 1 aliphatic rings. The van der Waals surface area contributed by atoms with Crippen molar-refractivity contribution in [3.05, 3.63) is 35.6 Å². The Balaban J connectivity index is 2.02. The fourth-order valence-corrected chi connectivity index (χ4v) is 3.01. The van der Waals surface area contributed by atoms with Crippen molar-refractivity contribution < 1.29 is 4.39 Å². The van der Waals surface area contributed by atoms with Crippen LogP contribution in [0.15, 0.2) is 24.3 Å². The summed E-state index contributed by atoms with van der Waals surface area (Å²) < 4.78 is 14.1. The monoisotopic (exact) mass is 293 g/mol. The Labute approximate surface area is 128 Å². The van der Waals surface area contributed by atoms with Gasteiger partial charge in [0.1, 0.15) is 5.82 Å². The number of nitrogens with one attached hydrogen (secondary N) is 1. The molecule has 2 unspecified atom stereocenters. The molecule has 21 heavy (non-hydrogen) atoms. The lowest BCUT2D eigenvalue weighted by Gasteiger charge is -2.26. The van der Waals surface area contributed by atoms with Gasteiger partial charge in [-0.05, 0) is 46.1 Å². The Kier molecular flexibility index (Phi) is 6.15. The van der Waals surface area contributed by atoms with Crippen LogP contribution >= 0.6 is 0 Å². The van der Waals surface area contributed by atoms with Crippen molar-refractivity contribution in [2.45, 2.75) is 31.8 Å². The largest absolute Gasteiger partial charge is 0.309 e. The molecule has 1 fully saturated rings. The van der Waals surface area contributed by atoms with Crippen LogP contribution in [0.3, 0.4) is 0 Å². The summed E-state index contributed by atoms with van der Waals surface area (Å²) in [6, 6.07) is 7.84. The maximum Gasteiger partial charge on any atom is 0.128 e. The molecular formula is C17H28FN3. The van der Waals surface area contributed by atoms with E-state index in [9.17, 15) is 4.39 Å². The fourth-order valence-electron chi connectivity index (χ4n) is 3.01. The first-order chi connectivity index (χ1) is 10.1. The Morgan fingerprint density at radius 1 is 1.38 bits per heavy atom. The van der Waals surface area contributed by atoms with Crippen LogP contribution in [0.5, 0.6) is 0 Å². The summed E-state index contributed by atoms with van der Waals surface area (Å²) in [5.41, 5.74) is 0.791. The summed E-state index contributed by atoms with van der Waals surface area (Å²) in [5, 5.41) is 3.50. The highest BCUT2D eigenvalue weighted by atomic mass is 19.1. The van der Waals surface area contributed by atoms with E-state index in [1.165, 1.54) is 6.42 Å². The molecule has 1 aromatic rings. The van der Waals surface area contributed by atoms with Crippen LogP contribution in [0.1, 0.15) is 31.4 Å². The Morgan fingerprint density at radius 3 is 2.76 bits per heavy atom. The molecule has 0 radical (unpaired) electrons. The second-order valence-corrected chi connectivity index (χ2v) is 6.19. The highest BCUT2D eigenvalue weighted by Crippen LogP contribution is 2.21.